The fourth-order valence-electron chi connectivity index (χ4n) is 11.6. The topological polar surface area (TPSA) is 237 Å². The summed E-state index contributed by atoms with van der Waals surface area (Å²) in [6.07, 6.45) is 68.4. The molecule has 17 nitrogen and oxygen atoms in total. The van der Waals surface area contributed by atoms with Crippen LogP contribution in [0.25, 0.3) is 0 Å². The number of aliphatic hydroxyl groups is 1. The third kappa shape index (κ3) is 73.7. The van der Waals surface area contributed by atoms with Crippen molar-refractivity contribution in [2.75, 3.05) is 39.6 Å². The zero-order valence-electron chi connectivity index (χ0n) is 65.2. The summed E-state index contributed by atoms with van der Waals surface area (Å²) < 4.78 is 68.6. The number of hydrogen-bond acceptors (Lipinski definition) is 15. The van der Waals surface area contributed by atoms with Crippen LogP contribution in [0.15, 0.2) is 48.6 Å². The van der Waals surface area contributed by atoms with Crippen LogP contribution in [0.2, 0.25) is 0 Å². The Hall–Kier alpha value is -2.98. The molecule has 0 heterocycles. The first kappa shape index (κ1) is 98.0. The van der Waals surface area contributed by atoms with E-state index in [0.29, 0.717) is 31.6 Å². The molecule has 0 aliphatic heterocycles. The number of ether oxygens (including phenoxy) is 4. The molecule has 0 amide bonds. The van der Waals surface area contributed by atoms with Gasteiger partial charge in [-0.05, 0) is 88.9 Å². The summed E-state index contributed by atoms with van der Waals surface area (Å²) >= 11 is 0. The summed E-state index contributed by atoms with van der Waals surface area (Å²) in [6, 6.07) is 0. The zero-order valence-corrected chi connectivity index (χ0v) is 67.0. The van der Waals surface area contributed by atoms with Gasteiger partial charge in [0.05, 0.1) is 26.4 Å². The van der Waals surface area contributed by atoms with Gasteiger partial charge in [0.25, 0.3) is 0 Å². The van der Waals surface area contributed by atoms with Crippen molar-refractivity contribution in [1.29, 1.82) is 0 Å². The molecule has 592 valence electrons. The van der Waals surface area contributed by atoms with Gasteiger partial charge in [0, 0.05) is 25.7 Å². The van der Waals surface area contributed by atoms with E-state index >= 15 is 0 Å². The molecule has 0 radical (unpaired) electrons. The number of rotatable bonds is 77. The minimum atomic E-state index is -4.97. The van der Waals surface area contributed by atoms with Gasteiger partial charge in [-0.3, -0.25) is 37.3 Å². The van der Waals surface area contributed by atoms with Gasteiger partial charge in [0.15, 0.2) is 12.2 Å². The second kappa shape index (κ2) is 72.6. The number of aliphatic hydroxyl groups excluding tert-OH is 1. The SMILES string of the molecule is CCCCCC/C=C\C=C/CCCCCCCC(=O)O[C@H](COC(=O)CCCCCCCCCCCCCCCCCCCCC(C)CC)COP(=O)(O)OC[C@@H](O)COP(=O)(O)OC[C@@H](COC(=O)CCCCCCCCC(C)C)OC(=O)CCCCCCC/C=C\C=C/CCCCCC. The smallest absolute Gasteiger partial charge is 0.462 e. The molecule has 6 atom stereocenters. The van der Waals surface area contributed by atoms with Gasteiger partial charge in [0.1, 0.15) is 19.3 Å². The highest BCUT2D eigenvalue weighted by Gasteiger charge is 2.30. The molecular formula is C82H152O17P2. The highest BCUT2D eigenvalue weighted by molar-refractivity contribution is 7.47. The van der Waals surface area contributed by atoms with Crippen molar-refractivity contribution in [3.05, 3.63) is 48.6 Å². The molecule has 3 N–H and O–H groups in total. The van der Waals surface area contributed by atoms with Crippen LogP contribution in [-0.4, -0.2) is 96.7 Å². The lowest BCUT2D eigenvalue weighted by atomic mass is 9.99. The normalized spacial score (nSPS) is 14.5. The van der Waals surface area contributed by atoms with Gasteiger partial charge in [-0.1, -0.05) is 328 Å². The number of esters is 4. The van der Waals surface area contributed by atoms with Crippen molar-refractivity contribution in [2.24, 2.45) is 11.8 Å². The zero-order chi connectivity index (χ0) is 74.2. The van der Waals surface area contributed by atoms with Crippen LogP contribution in [0, 0.1) is 11.8 Å². The maximum Gasteiger partial charge on any atom is 0.472 e. The first-order valence-corrected chi connectivity index (χ1v) is 44.2. The summed E-state index contributed by atoms with van der Waals surface area (Å²) in [5.41, 5.74) is 0. The molecule has 19 heteroatoms. The van der Waals surface area contributed by atoms with Crippen LogP contribution < -0.4 is 0 Å². The Balaban J connectivity index is 5.25. The van der Waals surface area contributed by atoms with Crippen molar-refractivity contribution in [3.63, 3.8) is 0 Å². The van der Waals surface area contributed by atoms with E-state index in [9.17, 15) is 43.2 Å². The highest BCUT2D eigenvalue weighted by Crippen LogP contribution is 2.45. The molecule has 0 spiro atoms. The fourth-order valence-corrected chi connectivity index (χ4v) is 13.2. The van der Waals surface area contributed by atoms with Crippen molar-refractivity contribution < 1.29 is 80.2 Å². The summed E-state index contributed by atoms with van der Waals surface area (Å²) in [6.45, 7) is 9.47. The van der Waals surface area contributed by atoms with E-state index in [0.717, 1.165) is 128 Å². The van der Waals surface area contributed by atoms with Crippen LogP contribution in [0.4, 0.5) is 0 Å². The Bertz CT molecular complexity index is 2130. The fraction of sp³-hybridized carbons (Fsp3) is 0.854. The third-order valence-corrected chi connectivity index (χ3v) is 20.2. The first-order chi connectivity index (χ1) is 48.9. The molecule has 0 fully saturated rings. The molecule has 0 bridgehead atoms. The Morgan fingerprint density at radius 1 is 0.327 bits per heavy atom. The number of hydrogen-bond donors (Lipinski definition) is 3. The number of unbranched alkanes of at least 4 members (excludes halogenated alkanes) is 40. The number of carbonyl (C=O) groups is 4. The van der Waals surface area contributed by atoms with Crippen molar-refractivity contribution in [1.82, 2.24) is 0 Å². The first-order valence-electron chi connectivity index (χ1n) is 41.2. The van der Waals surface area contributed by atoms with Gasteiger partial charge in [-0.25, -0.2) is 9.13 Å². The largest absolute Gasteiger partial charge is 0.472 e. The van der Waals surface area contributed by atoms with Crippen LogP contribution in [0.1, 0.15) is 382 Å². The molecule has 101 heavy (non-hydrogen) atoms. The molecule has 0 aromatic carbocycles. The molecule has 0 aliphatic rings. The second-order valence-corrected chi connectivity index (χ2v) is 31.8. The highest BCUT2D eigenvalue weighted by atomic mass is 31.2. The molecule has 0 aromatic heterocycles. The summed E-state index contributed by atoms with van der Waals surface area (Å²) in [7, 11) is -9.94. The van der Waals surface area contributed by atoms with Crippen molar-refractivity contribution in [3.8, 4) is 0 Å². The predicted octanol–water partition coefficient (Wildman–Crippen LogP) is 23.8. The standard InChI is InChI=1S/C82H152O17P2/c1-7-10-12-14-16-18-20-22-28-34-38-42-46-54-60-66-81(86)98-77(70-92-79(84)64-58-52-45-41-37-33-31-27-25-24-26-30-32-36-40-44-51-57-63-75(6)9-3)72-96-100(88,89)94-68-76(83)69-95-101(90,91)97-73-78(71-93-80(85)65-59-53-49-48-50-56-62-74(4)5)99-82(87)67-61-55-47-43-39-35-29-23-21-19-17-15-13-11-8-2/h18-23,28-29,74-78,83H,7-17,24-27,30-73H2,1-6H3,(H,88,89)(H,90,91)/b20-18-,21-19-,28-22-,29-23-/t75?,76-,77-,78-/m1/s1. The third-order valence-electron chi connectivity index (χ3n) is 18.3. The lowest BCUT2D eigenvalue weighted by Gasteiger charge is -2.21. The lowest BCUT2D eigenvalue weighted by Crippen LogP contribution is -2.30. The summed E-state index contributed by atoms with van der Waals surface area (Å²) in [5, 5.41) is 10.6. The molecule has 0 aromatic rings. The van der Waals surface area contributed by atoms with Gasteiger partial charge in [-0.2, -0.15) is 0 Å². The maximum absolute atomic E-state index is 13.1. The maximum atomic E-state index is 13.1. The van der Waals surface area contributed by atoms with Gasteiger partial charge in [-0.15, -0.1) is 0 Å². The van der Waals surface area contributed by atoms with Crippen LogP contribution in [0.5, 0.6) is 0 Å². The molecule has 0 saturated heterocycles. The van der Waals surface area contributed by atoms with Crippen molar-refractivity contribution >= 4 is 39.5 Å². The molecule has 0 rings (SSSR count). The number of phosphoric acid groups is 2. The summed E-state index contributed by atoms with van der Waals surface area (Å²) in [5.74, 6) is -0.628. The minimum absolute atomic E-state index is 0.0815. The summed E-state index contributed by atoms with van der Waals surface area (Å²) in [4.78, 5) is 72.9. The molecular weight excluding hydrogens is 1320 g/mol. The quantitative estimate of drug-likeness (QED) is 0.0169. The average Bonchev–Trinajstić information content (AvgIpc) is 1.03. The molecule has 3 unspecified atom stereocenters. The number of allylic oxidation sites excluding steroid dienone is 8. The van der Waals surface area contributed by atoms with E-state index in [-0.39, 0.29) is 25.7 Å². The van der Waals surface area contributed by atoms with Gasteiger partial charge >= 0.3 is 39.5 Å². The Kier molecular flexibility index (Phi) is 70.4. The predicted molar refractivity (Wildman–Crippen MR) is 413 cm³/mol. The Morgan fingerprint density at radius 2 is 0.584 bits per heavy atom. The van der Waals surface area contributed by atoms with E-state index < -0.39 is 97.5 Å². The Morgan fingerprint density at radius 3 is 0.881 bits per heavy atom. The van der Waals surface area contributed by atoms with E-state index in [1.165, 1.54) is 167 Å². The van der Waals surface area contributed by atoms with Crippen LogP contribution in [-0.2, 0) is 65.4 Å². The van der Waals surface area contributed by atoms with Crippen molar-refractivity contribution in [2.45, 2.75) is 400 Å². The minimum Gasteiger partial charge on any atom is -0.462 e. The molecule has 0 saturated carbocycles. The van der Waals surface area contributed by atoms with E-state index in [4.69, 9.17) is 37.0 Å². The van der Waals surface area contributed by atoms with Gasteiger partial charge < -0.3 is 33.8 Å². The van der Waals surface area contributed by atoms with Gasteiger partial charge in [0.2, 0.25) is 0 Å². The van der Waals surface area contributed by atoms with E-state index in [1.807, 2.05) is 0 Å². The van der Waals surface area contributed by atoms with E-state index in [2.05, 4.69) is 90.2 Å². The second-order valence-electron chi connectivity index (χ2n) is 28.9. The average molecular weight is 1470 g/mol. The lowest BCUT2D eigenvalue weighted by molar-refractivity contribution is -0.161. The van der Waals surface area contributed by atoms with Crippen LogP contribution in [0.3, 0.4) is 0 Å². The Labute approximate surface area is 617 Å². The van der Waals surface area contributed by atoms with E-state index in [1.54, 1.807) is 0 Å². The number of phosphoric ester groups is 2. The number of carbonyl (C=O) groups excluding carboxylic acids is 4. The van der Waals surface area contributed by atoms with Crippen LogP contribution >= 0.6 is 15.6 Å². The monoisotopic (exact) mass is 1470 g/mol. The molecule has 0 aliphatic carbocycles.